The minimum atomic E-state index is -0.479. The van der Waals surface area contributed by atoms with E-state index in [0.29, 0.717) is 18.7 Å². The number of aryl methyl sites for hydroxylation is 1. The number of amides is 1. The molecule has 7 nitrogen and oxygen atoms in total. The van der Waals surface area contributed by atoms with Crippen LogP contribution in [-0.2, 0) is 0 Å². The molecule has 7 heteroatoms. The standard InChI is InChI=1S/C18H31N5O2/c1-12(2)23-14(4)17(13(3)19-23)18(25)22-10-15(16(24)11-22)21-8-6-20(5)7-9-21/h12,15-16,24H,6-11H2,1-5H3/t15-,16-/m1/s1. The van der Waals surface area contributed by atoms with Crippen LogP contribution in [0.3, 0.4) is 0 Å². The van der Waals surface area contributed by atoms with Crippen molar-refractivity contribution >= 4 is 5.91 Å². The Balaban J connectivity index is 1.74. The monoisotopic (exact) mass is 349 g/mol. The number of likely N-dealkylation sites (tertiary alicyclic amines) is 1. The molecule has 0 saturated carbocycles. The van der Waals surface area contributed by atoms with Crippen LogP contribution in [0.15, 0.2) is 0 Å². The van der Waals surface area contributed by atoms with Gasteiger partial charge in [-0.25, -0.2) is 0 Å². The predicted octanol–water partition coefficient (Wildman–Crippen LogP) is 0.514. The summed E-state index contributed by atoms with van der Waals surface area (Å²) in [6.45, 7) is 12.9. The average Bonchev–Trinajstić information content (AvgIpc) is 3.08. The van der Waals surface area contributed by atoms with E-state index in [2.05, 4.69) is 35.8 Å². The molecule has 0 aliphatic carbocycles. The Bertz CT molecular complexity index is 634. The van der Waals surface area contributed by atoms with E-state index in [-0.39, 0.29) is 18.0 Å². The van der Waals surface area contributed by atoms with Crippen molar-refractivity contribution in [3.63, 3.8) is 0 Å². The summed E-state index contributed by atoms with van der Waals surface area (Å²) in [6, 6.07) is 0.265. The molecule has 2 aliphatic rings. The van der Waals surface area contributed by atoms with Gasteiger partial charge >= 0.3 is 0 Å². The molecule has 1 amide bonds. The molecule has 1 N–H and O–H groups in total. The first kappa shape index (κ1) is 18.4. The number of likely N-dealkylation sites (N-methyl/N-ethyl adjacent to an activating group) is 1. The first-order valence-electron chi connectivity index (χ1n) is 9.25. The maximum absolute atomic E-state index is 13.1. The highest BCUT2D eigenvalue weighted by atomic mass is 16.3. The van der Waals surface area contributed by atoms with Gasteiger partial charge < -0.3 is 14.9 Å². The lowest BCUT2D eigenvalue weighted by Crippen LogP contribution is -2.52. The largest absolute Gasteiger partial charge is 0.390 e. The van der Waals surface area contributed by atoms with Gasteiger partial charge in [-0.1, -0.05) is 0 Å². The third kappa shape index (κ3) is 3.45. The molecule has 0 spiro atoms. The maximum Gasteiger partial charge on any atom is 0.257 e. The van der Waals surface area contributed by atoms with Crippen LogP contribution in [0.25, 0.3) is 0 Å². The van der Waals surface area contributed by atoms with E-state index in [0.717, 1.165) is 37.6 Å². The summed E-state index contributed by atoms with van der Waals surface area (Å²) in [7, 11) is 2.12. The van der Waals surface area contributed by atoms with Gasteiger partial charge in [0, 0.05) is 51.0 Å². The minimum absolute atomic E-state index is 0.00224. The van der Waals surface area contributed by atoms with E-state index in [9.17, 15) is 9.90 Å². The molecule has 25 heavy (non-hydrogen) atoms. The van der Waals surface area contributed by atoms with Crippen molar-refractivity contribution in [3.8, 4) is 0 Å². The topological polar surface area (TPSA) is 64.8 Å². The number of aliphatic hydroxyl groups is 1. The van der Waals surface area contributed by atoms with Crippen LogP contribution in [0.1, 0.15) is 41.6 Å². The van der Waals surface area contributed by atoms with Crippen LogP contribution in [0, 0.1) is 13.8 Å². The molecule has 140 valence electrons. The van der Waals surface area contributed by atoms with Crippen molar-refractivity contribution < 1.29 is 9.90 Å². The van der Waals surface area contributed by atoms with E-state index in [1.165, 1.54) is 0 Å². The molecule has 1 aromatic heterocycles. The smallest absolute Gasteiger partial charge is 0.257 e. The lowest BCUT2D eigenvalue weighted by molar-refractivity contribution is 0.0512. The van der Waals surface area contributed by atoms with Crippen LogP contribution in [0.4, 0.5) is 0 Å². The maximum atomic E-state index is 13.1. The minimum Gasteiger partial charge on any atom is -0.390 e. The van der Waals surface area contributed by atoms with Crippen LogP contribution < -0.4 is 0 Å². The normalized spacial score (nSPS) is 26.0. The van der Waals surface area contributed by atoms with Crippen LogP contribution in [0.2, 0.25) is 0 Å². The molecule has 2 saturated heterocycles. The Hall–Kier alpha value is -1.44. The summed E-state index contributed by atoms with van der Waals surface area (Å²) < 4.78 is 1.91. The van der Waals surface area contributed by atoms with Crippen molar-refractivity contribution in [2.45, 2.75) is 45.9 Å². The van der Waals surface area contributed by atoms with Crippen molar-refractivity contribution in [1.29, 1.82) is 0 Å². The summed E-state index contributed by atoms with van der Waals surface area (Å²) >= 11 is 0. The summed E-state index contributed by atoms with van der Waals surface area (Å²) in [5.74, 6) is -0.00224. The fourth-order valence-corrected chi connectivity index (χ4v) is 4.08. The van der Waals surface area contributed by atoms with Gasteiger partial charge in [-0.05, 0) is 34.7 Å². The number of β-amino-alcohol motifs (C(OH)–C–C–N with tert-alkyl or cyclic N) is 1. The molecular formula is C18H31N5O2. The van der Waals surface area contributed by atoms with Crippen molar-refractivity contribution in [2.75, 3.05) is 46.3 Å². The zero-order valence-corrected chi connectivity index (χ0v) is 16.1. The van der Waals surface area contributed by atoms with E-state index in [1.807, 2.05) is 18.5 Å². The molecule has 3 heterocycles. The summed E-state index contributed by atoms with van der Waals surface area (Å²) in [6.07, 6.45) is -0.479. The Morgan fingerprint density at radius 3 is 2.36 bits per heavy atom. The second kappa shape index (κ2) is 7.05. The predicted molar refractivity (Wildman–Crippen MR) is 96.9 cm³/mol. The second-order valence-corrected chi connectivity index (χ2v) is 7.77. The molecule has 0 unspecified atom stereocenters. The third-order valence-electron chi connectivity index (χ3n) is 5.58. The third-order valence-corrected chi connectivity index (χ3v) is 5.58. The molecular weight excluding hydrogens is 318 g/mol. The summed E-state index contributed by atoms with van der Waals surface area (Å²) in [5.41, 5.74) is 2.38. The van der Waals surface area contributed by atoms with Crippen LogP contribution >= 0.6 is 0 Å². The quantitative estimate of drug-likeness (QED) is 0.862. The number of carbonyl (C=O) groups is 1. The summed E-state index contributed by atoms with van der Waals surface area (Å²) in [5, 5.41) is 15.1. The molecule has 2 fully saturated rings. The fourth-order valence-electron chi connectivity index (χ4n) is 4.08. The Morgan fingerprint density at radius 1 is 1.16 bits per heavy atom. The highest BCUT2D eigenvalue weighted by molar-refractivity contribution is 5.96. The number of rotatable bonds is 3. The first-order valence-corrected chi connectivity index (χ1v) is 9.25. The Morgan fingerprint density at radius 2 is 1.80 bits per heavy atom. The van der Waals surface area contributed by atoms with Gasteiger partial charge in [-0.15, -0.1) is 0 Å². The fraction of sp³-hybridized carbons (Fsp3) is 0.778. The van der Waals surface area contributed by atoms with E-state index in [1.54, 1.807) is 4.90 Å². The second-order valence-electron chi connectivity index (χ2n) is 7.77. The van der Waals surface area contributed by atoms with Gasteiger partial charge in [0.15, 0.2) is 0 Å². The number of aromatic nitrogens is 2. The van der Waals surface area contributed by atoms with Gasteiger partial charge in [0.25, 0.3) is 5.91 Å². The van der Waals surface area contributed by atoms with Crippen molar-refractivity contribution in [1.82, 2.24) is 24.5 Å². The van der Waals surface area contributed by atoms with E-state index >= 15 is 0 Å². The molecule has 2 aliphatic heterocycles. The zero-order valence-electron chi connectivity index (χ0n) is 16.1. The average molecular weight is 349 g/mol. The van der Waals surface area contributed by atoms with E-state index < -0.39 is 6.10 Å². The molecule has 2 atom stereocenters. The van der Waals surface area contributed by atoms with Crippen LogP contribution in [-0.4, -0.2) is 94.0 Å². The molecule has 1 aromatic rings. The number of aliphatic hydroxyl groups excluding tert-OH is 1. The molecule has 0 bridgehead atoms. The van der Waals surface area contributed by atoms with Crippen LogP contribution in [0.5, 0.6) is 0 Å². The summed E-state index contributed by atoms with van der Waals surface area (Å²) in [4.78, 5) is 19.5. The number of carbonyl (C=O) groups excluding carboxylic acids is 1. The highest BCUT2D eigenvalue weighted by Crippen LogP contribution is 2.24. The lowest BCUT2D eigenvalue weighted by atomic mass is 10.1. The molecule has 0 aromatic carbocycles. The van der Waals surface area contributed by atoms with Gasteiger partial charge in [0.1, 0.15) is 0 Å². The number of piperazine rings is 1. The zero-order chi connectivity index (χ0) is 18.3. The molecule has 0 radical (unpaired) electrons. The molecule has 3 rings (SSSR count). The first-order chi connectivity index (χ1) is 11.8. The van der Waals surface area contributed by atoms with Gasteiger partial charge in [0.05, 0.1) is 23.4 Å². The number of hydrogen-bond donors (Lipinski definition) is 1. The Kier molecular flexibility index (Phi) is 5.18. The Labute approximate surface area is 150 Å². The van der Waals surface area contributed by atoms with Gasteiger partial charge in [0.2, 0.25) is 0 Å². The van der Waals surface area contributed by atoms with Crippen molar-refractivity contribution in [3.05, 3.63) is 17.0 Å². The number of hydrogen-bond acceptors (Lipinski definition) is 5. The lowest BCUT2D eigenvalue weighted by Gasteiger charge is -2.37. The van der Waals surface area contributed by atoms with Gasteiger partial charge in [-0.3, -0.25) is 14.4 Å². The van der Waals surface area contributed by atoms with E-state index in [4.69, 9.17) is 0 Å². The van der Waals surface area contributed by atoms with Gasteiger partial charge in [-0.2, -0.15) is 5.10 Å². The number of nitrogens with zero attached hydrogens (tertiary/aromatic N) is 5. The highest BCUT2D eigenvalue weighted by Gasteiger charge is 2.39. The van der Waals surface area contributed by atoms with Crippen molar-refractivity contribution in [2.24, 2.45) is 0 Å². The SMILES string of the molecule is Cc1nn(C(C)C)c(C)c1C(=O)N1C[C@@H](O)[C@H](N2CCN(C)CC2)C1.